The van der Waals surface area contributed by atoms with Crippen LogP contribution in [-0.4, -0.2) is 43.1 Å². The minimum atomic E-state index is -1.74. The van der Waals surface area contributed by atoms with Crippen molar-refractivity contribution in [2.45, 2.75) is 168 Å². The summed E-state index contributed by atoms with van der Waals surface area (Å²) in [6, 6.07) is 0. The molecule has 0 N–H and O–H groups in total. The zero-order chi connectivity index (χ0) is 27.7. The summed E-state index contributed by atoms with van der Waals surface area (Å²) < 4.78 is 18.6. The van der Waals surface area contributed by atoms with Gasteiger partial charge in [0.25, 0.3) is 5.97 Å². The van der Waals surface area contributed by atoms with Crippen LogP contribution in [0.25, 0.3) is 0 Å². The first kappa shape index (κ1) is 35.8. The van der Waals surface area contributed by atoms with Crippen molar-refractivity contribution < 1.29 is 18.1 Å². The lowest BCUT2D eigenvalue weighted by molar-refractivity contribution is -0.135. The Hall–Kier alpha value is -0.219. The minimum Gasteiger partial charge on any atom is -0.520 e. The van der Waals surface area contributed by atoms with Crippen molar-refractivity contribution in [2.75, 3.05) is 0 Å². The molecule has 36 heavy (non-hydrogen) atoms. The van der Waals surface area contributed by atoms with Gasteiger partial charge in [0.15, 0.2) is 16.6 Å². The highest BCUT2D eigenvalue weighted by molar-refractivity contribution is 6.71. The van der Waals surface area contributed by atoms with Crippen molar-refractivity contribution in [3.8, 4) is 0 Å². The van der Waals surface area contributed by atoms with Gasteiger partial charge >= 0.3 is 0 Å². The van der Waals surface area contributed by atoms with Gasteiger partial charge in [0.2, 0.25) is 8.32 Å². The Kier molecular flexibility index (Phi) is 18.8. The van der Waals surface area contributed by atoms with E-state index in [0.29, 0.717) is 6.42 Å². The largest absolute Gasteiger partial charge is 0.520 e. The van der Waals surface area contributed by atoms with Crippen LogP contribution >= 0.6 is 0 Å². The van der Waals surface area contributed by atoms with Gasteiger partial charge in [0.1, 0.15) is 0 Å². The fourth-order valence-electron chi connectivity index (χ4n) is 4.21. The van der Waals surface area contributed by atoms with Crippen LogP contribution in [0.2, 0.25) is 58.9 Å². The maximum atomic E-state index is 11.9. The first-order valence-corrected chi connectivity index (χ1v) is 25.1. The summed E-state index contributed by atoms with van der Waals surface area (Å²) in [6.45, 7) is 22.2. The predicted molar refractivity (Wildman–Crippen MR) is 165 cm³/mol. The molecule has 0 heterocycles. The summed E-state index contributed by atoms with van der Waals surface area (Å²) in [6.07, 6.45) is 21.2. The van der Waals surface area contributed by atoms with E-state index in [1.165, 1.54) is 57.8 Å². The summed E-state index contributed by atoms with van der Waals surface area (Å²) >= 11 is 0. The van der Waals surface area contributed by atoms with Gasteiger partial charge in [-0.2, -0.15) is 0 Å². The fraction of sp³-hybridized carbons (Fsp3) is 0.897. The quantitative estimate of drug-likeness (QED) is 0.0753. The molecule has 0 unspecified atom stereocenters. The Morgan fingerprint density at radius 3 is 1.36 bits per heavy atom. The Balaban J connectivity index is 4.55. The highest BCUT2D eigenvalue weighted by Gasteiger charge is 2.22. The summed E-state index contributed by atoms with van der Waals surface area (Å²) in [5.74, 6) is -0.00957. The fourth-order valence-corrected chi connectivity index (χ4v) is 7.20. The molecular formula is C29H62O4Si3. The molecule has 0 fully saturated rings. The third-order valence-electron chi connectivity index (χ3n) is 5.68. The van der Waals surface area contributed by atoms with E-state index in [9.17, 15) is 4.79 Å². The lowest BCUT2D eigenvalue weighted by Crippen LogP contribution is -2.33. The number of hydrogen-bond acceptors (Lipinski definition) is 4. The topological polar surface area (TPSA) is 44.8 Å². The first-order valence-electron chi connectivity index (χ1n) is 14.9. The van der Waals surface area contributed by atoms with E-state index < -0.39 is 25.0 Å². The van der Waals surface area contributed by atoms with Crippen LogP contribution in [0, 0.1) is 0 Å². The number of carbonyl (C=O) groups excluding carboxylic acids is 1. The van der Waals surface area contributed by atoms with Crippen molar-refractivity contribution in [1.82, 2.24) is 0 Å². The molecule has 214 valence electrons. The van der Waals surface area contributed by atoms with Gasteiger partial charge in [-0.25, -0.2) is 0 Å². The van der Waals surface area contributed by atoms with E-state index in [1.807, 2.05) is 0 Å². The summed E-state index contributed by atoms with van der Waals surface area (Å²) in [7, 11) is -4.95. The highest BCUT2D eigenvalue weighted by atomic mass is 28.4. The number of carbonyl (C=O) groups is 1. The maximum absolute atomic E-state index is 11.9. The standard InChI is InChI=1S/C29H62O4Si3/c1-11-12-13-16-19-22-27(31-34(2,3)4)25-26-28(32-35(5,6)7)23-20-17-14-15-18-21-24-29(30)33-36(8,9)10/h25-28H,11-24H2,1-10H3/b26-25+/t27-,28-/m0/s1. The van der Waals surface area contributed by atoms with Gasteiger partial charge in [-0.3, -0.25) is 4.79 Å². The third-order valence-corrected chi connectivity index (χ3v) is 8.54. The maximum Gasteiger partial charge on any atom is 0.292 e. The molecule has 0 spiro atoms. The molecule has 0 aliphatic heterocycles. The molecule has 0 aromatic rings. The lowest BCUT2D eigenvalue weighted by Gasteiger charge is -2.27. The zero-order valence-electron chi connectivity index (χ0n) is 25.8. The average molecular weight is 559 g/mol. The molecule has 7 heteroatoms. The molecule has 0 saturated carbocycles. The minimum absolute atomic E-state index is 0.00957. The van der Waals surface area contributed by atoms with E-state index >= 15 is 0 Å². The zero-order valence-corrected chi connectivity index (χ0v) is 28.8. The average Bonchev–Trinajstić information content (AvgIpc) is 2.69. The summed E-state index contributed by atoms with van der Waals surface area (Å²) in [4.78, 5) is 11.9. The van der Waals surface area contributed by atoms with E-state index in [1.54, 1.807) is 0 Å². The molecule has 0 radical (unpaired) electrons. The second-order valence-corrected chi connectivity index (χ2v) is 26.7. The smallest absolute Gasteiger partial charge is 0.292 e. The highest BCUT2D eigenvalue weighted by Crippen LogP contribution is 2.20. The normalized spacial score (nSPS) is 14.8. The van der Waals surface area contributed by atoms with Crippen LogP contribution in [0.15, 0.2) is 12.2 Å². The molecule has 0 bridgehead atoms. The monoisotopic (exact) mass is 558 g/mol. The number of unbranched alkanes of at least 4 members (excludes halogenated alkanes) is 9. The molecule has 0 aromatic heterocycles. The molecule has 0 aliphatic rings. The lowest BCUT2D eigenvalue weighted by atomic mass is 10.0. The summed E-state index contributed by atoms with van der Waals surface area (Å²) in [5, 5.41) is 0. The molecule has 4 nitrogen and oxygen atoms in total. The second-order valence-electron chi connectivity index (χ2n) is 13.4. The van der Waals surface area contributed by atoms with Crippen LogP contribution in [-0.2, 0) is 18.1 Å². The number of rotatable bonds is 22. The van der Waals surface area contributed by atoms with E-state index in [2.05, 4.69) is 78.0 Å². The van der Waals surface area contributed by atoms with E-state index in [-0.39, 0.29) is 18.2 Å². The molecule has 0 aromatic carbocycles. The van der Waals surface area contributed by atoms with Crippen molar-refractivity contribution in [3.05, 3.63) is 12.2 Å². The summed E-state index contributed by atoms with van der Waals surface area (Å²) in [5.41, 5.74) is 0. The Bertz CT molecular complexity index is 589. The van der Waals surface area contributed by atoms with Gasteiger partial charge in [0.05, 0.1) is 12.2 Å². The van der Waals surface area contributed by atoms with Gasteiger partial charge < -0.3 is 13.3 Å². The Labute approximate surface area is 228 Å². The van der Waals surface area contributed by atoms with Crippen LogP contribution in [0.3, 0.4) is 0 Å². The van der Waals surface area contributed by atoms with Crippen molar-refractivity contribution in [3.63, 3.8) is 0 Å². The van der Waals surface area contributed by atoms with Gasteiger partial charge in [0, 0.05) is 6.42 Å². The Morgan fingerprint density at radius 2 is 0.972 bits per heavy atom. The van der Waals surface area contributed by atoms with Crippen molar-refractivity contribution in [2.24, 2.45) is 0 Å². The molecule has 0 saturated heterocycles. The van der Waals surface area contributed by atoms with Crippen LogP contribution in [0.4, 0.5) is 0 Å². The van der Waals surface area contributed by atoms with Crippen LogP contribution < -0.4 is 0 Å². The molecule has 0 rings (SSSR count). The Morgan fingerprint density at radius 1 is 0.583 bits per heavy atom. The molecule has 2 atom stereocenters. The molecular weight excluding hydrogens is 497 g/mol. The van der Waals surface area contributed by atoms with Gasteiger partial charge in [-0.1, -0.05) is 83.3 Å². The molecule has 0 amide bonds. The second kappa shape index (κ2) is 18.9. The van der Waals surface area contributed by atoms with Gasteiger partial charge in [-0.05, 0) is 78.2 Å². The van der Waals surface area contributed by atoms with Crippen molar-refractivity contribution >= 4 is 30.9 Å². The SMILES string of the molecule is CCCCCCC[C@@H](/C=C/[C@H](CCCCCCCCC(=O)O[Si](C)(C)C)O[Si](C)(C)C)O[Si](C)(C)C. The van der Waals surface area contributed by atoms with Crippen LogP contribution in [0.1, 0.15) is 96.8 Å². The van der Waals surface area contributed by atoms with E-state index in [0.717, 1.165) is 25.7 Å². The van der Waals surface area contributed by atoms with Crippen molar-refractivity contribution in [1.29, 1.82) is 0 Å². The predicted octanol–water partition coefficient (Wildman–Crippen LogP) is 9.84. The number of hydrogen-bond donors (Lipinski definition) is 0. The van der Waals surface area contributed by atoms with E-state index in [4.69, 9.17) is 13.3 Å². The van der Waals surface area contributed by atoms with Gasteiger partial charge in [-0.15, -0.1) is 0 Å². The first-order chi connectivity index (χ1) is 16.6. The third kappa shape index (κ3) is 25.4. The molecule has 0 aliphatic carbocycles. The van der Waals surface area contributed by atoms with Crippen LogP contribution in [0.5, 0.6) is 0 Å².